The maximum atomic E-state index is 13.3. The van der Waals surface area contributed by atoms with Gasteiger partial charge in [0.2, 0.25) is 5.91 Å². The zero-order valence-corrected chi connectivity index (χ0v) is 19.8. The Morgan fingerprint density at radius 3 is 2.64 bits per heavy atom. The van der Waals surface area contributed by atoms with Crippen LogP contribution in [0, 0.1) is 5.92 Å². The molecule has 1 fully saturated rings. The summed E-state index contributed by atoms with van der Waals surface area (Å²) in [4.78, 5) is 34.3. The maximum Gasteiger partial charge on any atom is 0.586 e. The number of aromatic amines is 1. The van der Waals surface area contributed by atoms with Crippen LogP contribution in [0.25, 0.3) is 11.0 Å². The SMILES string of the molecule is NC(=O)C1CCC(N(Cc2nc3ccc(Cl)cc3[nH]2)C(=O)COc2ccc3c(c2)OC(F)(F)O3)CC1. The number of alkyl halides is 2. The topological polar surface area (TPSA) is 120 Å². The Morgan fingerprint density at radius 1 is 1.14 bits per heavy atom. The molecule has 0 unspecified atom stereocenters. The Hall–Kier alpha value is -3.60. The molecule has 2 amide bonds. The molecule has 0 bridgehead atoms. The van der Waals surface area contributed by atoms with Crippen LogP contribution in [0.15, 0.2) is 36.4 Å². The number of primary amides is 1. The minimum Gasteiger partial charge on any atom is -0.484 e. The molecular weight excluding hydrogens is 498 g/mol. The first-order chi connectivity index (χ1) is 17.2. The van der Waals surface area contributed by atoms with Crippen molar-refractivity contribution in [2.45, 2.75) is 44.6 Å². The molecule has 1 aliphatic heterocycles. The lowest BCUT2D eigenvalue weighted by molar-refractivity contribution is -0.286. The zero-order chi connectivity index (χ0) is 25.4. The number of ether oxygens (including phenoxy) is 3. The van der Waals surface area contributed by atoms with E-state index < -0.39 is 6.29 Å². The van der Waals surface area contributed by atoms with Crippen molar-refractivity contribution >= 4 is 34.4 Å². The van der Waals surface area contributed by atoms with Gasteiger partial charge in [0.1, 0.15) is 11.6 Å². The summed E-state index contributed by atoms with van der Waals surface area (Å²) in [5, 5.41) is 0.560. The second kappa shape index (κ2) is 9.45. The highest BCUT2D eigenvalue weighted by Gasteiger charge is 2.43. The maximum absolute atomic E-state index is 13.3. The van der Waals surface area contributed by atoms with Crippen LogP contribution < -0.4 is 19.9 Å². The third-order valence-electron chi connectivity index (χ3n) is 6.41. The lowest BCUT2D eigenvalue weighted by Gasteiger charge is -2.35. The van der Waals surface area contributed by atoms with E-state index in [1.165, 1.54) is 18.2 Å². The lowest BCUT2D eigenvalue weighted by Crippen LogP contribution is -2.45. The van der Waals surface area contributed by atoms with Gasteiger partial charge in [0.05, 0.1) is 17.6 Å². The van der Waals surface area contributed by atoms with Crippen molar-refractivity contribution in [3.8, 4) is 17.2 Å². The summed E-state index contributed by atoms with van der Waals surface area (Å²) in [5.41, 5.74) is 6.93. The number of rotatable bonds is 7. The average Bonchev–Trinajstić information content (AvgIpc) is 3.38. The van der Waals surface area contributed by atoms with Crippen LogP contribution in [0.5, 0.6) is 17.2 Å². The van der Waals surface area contributed by atoms with Crippen molar-refractivity contribution in [3.63, 3.8) is 0 Å². The molecule has 9 nitrogen and oxygen atoms in total. The molecule has 36 heavy (non-hydrogen) atoms. The third-order valence-corrected chi connectivity index (χ3v) is 6.64. The second-order valence-corrected chi connectivity index (χ2v) is 9.28. The quantitative estimate of drug-likeness (QED) is 0.486. The van der Waals surface area contributed by atoms with Crippen LogP contribution in [-0.2, 0) is 16.1 Å². The van der Waals surface area contributed by atoms with Gasteiger partial charge in [-0.05, 0) is 56.0 Å². The standard InChI is InChI=1S/C24H23ClF2N4O5/c25-14-3-7-17-18(9-14)30-21(29-17)11-31(15-4-1-13(2-5-15)23(28)33)22(32)12-34-16-6-8-19-20(10-16)36-24(26,27)35-19/h3,6-10,13,15H,1-2,4-5,11-12H2,(H2,28,33)(H,29,30). The average molecular weight is 521 g/mol. The van der Waals surface area contributed by atoms with E-state index in [9.17, 15) is 18.4 Å². The van der Waals surface area contributed by atoms with Gasteiger partial charge in [-0.1, -0.05) is 11.6 Å². The summed E-state index contributed by atoms with van der Waals surface area (Å²) in [6.45, 7) is -0.147. The molecule has 1 aliphatic carbocycles. The van der Waals surface area contributed by atoms with E-state index in [1.54, 1.807) is 23.1 Å². The molecule has 3 aromatic rings. The summed E-state index contributed by atoms with van der Waals surface area (Å²) < 4.78 is 41.0. The number of H-pyrrole nitrogens is 1. The number of hydrogen-bond acceptors (Lipinski definition) is 6. The van der Waals surface area contributed by atoms with E-state index in [0.29, 0.717) is 42.0 Å². The number of nitrogens with one attached hydrogen (secondary N) is 1. The van der Waals surface area contributed by atoms with E-state index in [1.807, 2.05) is 0 Å². The molecule has 0 radical (unpaired) electrons. The normalized spacial score (nSPS) is 20.3. The number of halogens is 3. The molecular formula is C24H23ClF2N4O5. The molecule has 2 aromatic carbocycles. The van der Waals surface area contributed by atoms with E-state index in [4.69, 9.17) is 22.1 Å². The van der Waals surface area contributed by atoms with E-state index in [0.717, 1.165) is 5.52 Å². The molecule has 12 heteroatoms. The smallest absolute Gasteiger partial charge is 0.484 e. The number of hydrogen-bond donors (Lipinski definition) is 2. The van der Waals surface area contributed by atoms with Gasteiger partial charge in [-0.3, -0.25) is 9.59 Å². The lowest BCUT2D eigenvalue weighted by atomic mass is 9.85. The first kappa shape index (κ1) is 24.1. The number of aromatic nitrogens is 2. The fraction of sp³-hybridized carbons (Fsp3) is 0.375. The molecule has 5 rings (SSSR count). The summed E-state index contributed by atoms with van der Waals surface area (Å²) in [5.74, 6) is -0.406. The van der Waals surface area contributed by atoms with Crippen molar-refractivity contribution in [2.75, 3.05) is 6.61 Å². The number of carbonyl (C=O) groups excluding carboxylic acids is 2. The summed E-state index contributed by atoms with van der Waals surface area (Å²) >= 11 is 6.07. The number of carbonyl (C=O) groups is 2. The monoisotopic (exact) mass is 520 g/mol. The molecule has 2 aliphatic rings. The van der Waals surface area contributed by atoms with Gasteiger partial charge in [0.15, 0.2) is 18.1 Å². The van der Waals surface area contributed by atoms with E-state index in [-0.39, 0.29) is 54.2 Å². The number of nitrogens with zero attached hydrogens (tertiary/aromatic N) is 2. The van der Waals surface area contributed by atoms with Crippen molar-refractivity contribution in [2.24, 2.45) is 11.7 Å². The summed E-state index contributed by atoms with van der Waals surface area (Å²) in [6.07, 6.45) is -1.38. The Kier molecular flexibility index (Phi) is 6.33. The Labute approximate surface area is 209 Å². The molecule has 190 valence electrons. The Balaban J connectivity index is 1.31. The minimum absolute atomic E-state index is 0.114. The molecule has 0 spiro atoms. The fourth-order valence-corrected chi connectivity index (χ4v) is 4.78. The molecule has 1 aromatic heterocycles. The first-order valence-electron chi connectivity index (χ1n) is 11.4. The minimum atomic E-state index is -3.74. The van der Waals surface area contributed by atoms with Crippen molar-refractivity contribution in [1.82, 2.24) is 14.9 Å². The van der Waals surface area contributed by atoms with Gasteiger partial charge in [-0.2, -0.15) is 0 Å². The molecule has 0 atom stereocenters. The zero-order valence-electron chi connectivity index (χ0n) is 19.0. The predicted octanol–water partition coefficient (Wildman–Crippen LogP) is 3.99. The van der Waals surface area contributed by atoms with Gasteiger partial charge in [0, 0.05) is 23.0 Å². The van der Waals surface area contributed by atoms with Gasteiger partial charge in [0.25, 0.3) is 5.91 Å². The van der Waals surface area contributed by atoms with Crippen LogP contribution >= 0.6 is 11.6 Å². The van der Waals surface area contributed by atoms with Crippen molar-refractivity contribution in [1.29, 1.82) is 0 Å². The van der Waals surface area contributed by atoms with Crippen LogP contribution in [0.2, 0.25) is 5.02 Å². The van der Waals surface area contributed by atoms with Crippen LogP contribution in [0.1, 0.15) is 31.5 Å². The fourth-order valence-electron chi connectivity index (χ4n) is 4.61. The third kappa shape index (κ3) is 5.15. The highest BCUT2D eigenvalue weighted by molar-refractivity contribution is 6.31. The molecule has 3 N–H and O–H groups in total. The largest absolute Gasteiger partial charge is 0.586 e. The summed E-state index contributed by atoms with van der Waals surface area (Å²) in [6, 6.07) is 9.08. The van der Waals surface area contributed by atoms with Crippen LogP contribution in [0.4, 0.5) is 8.78 Å². The first-order valence-corrected chi connectivity index (χ1v) is 11.8. The number of benzene rings is 2. The molecule has 1 saturated carbocycles. The van der Waals surface area contributed by atoms with Crippen molar-refractivity contribution in [3.05, 3.63) is 47.2 Å². The van der Waals surface area contributed by atoms with E-state index >= 15 is 0 Å². The van der Waals surface area contributed by atoms with Gasteiger partial charge in [-0.15, -0.1) is 8.78 Å². The Bertz CT molecular complexity index is 1310. The highest BCUT2D eigenvalue weighted by Crippen LogP contribution is 2.42. The van der Waals surface area contributed by atoms with Crippen molar-refractivity contribution < 1.29 is 32.6 Å². The van der Waals surface area contributed by atoms with E-state index in [2.05, 4.69) is 19.4 Å². The van der Waals surface area contributed by atoms with Gasteiger partial charge < -0.3 is 29.8 Å². The number of amides is 2. The van der Waals surface area contributed by atoms with Crippen LogP contribution in [-0.4, -0.2) is 45.6 Å². The second-order valence-electron chi connectivity index (χ2n) is 8.84. The number of nitrogens with two attached hydrogens (primary N) is 1. The van der Waals surface area contributed by atoms with Gasteiger partial charge >= 0.3 is 6.29 Å². The molecule has 2 heterocycles. The summed E-state index contributed by atoms with van der Waals surface area (Å²) in [7, 11) is 0. The molecule has 0 saturated heterocycles. The number of fused-ring (bicyclic) bond motifs is 2. The Morgan fingerprint density at radius 2 is 1.89 bits per heavy atom. The van der Waals surface area contributed by atoms with Crippen LogP contribution in [0.3, 0.4) is 0 Å². The number of imidazole rings is 1. The highest BCUT2D eigenvalue weighted by atomic mass is 35.5. The predicted molar refractivity (Wildman–Crippen MR) is 125 cm³/mol. The van der Waals surface area contributed by atoms with Gasteiger partial charge in [-0.25, -0.2) is 4.98 Å².